The average molecular weight is 225 g/mol. The fourth-order valence-corrected chi connectivity index (χ4v) is 1.72. The predicted molar refractivity (Wildman–Crippen MR) is 61.8 cm³/mol. The molecule has 0 atom stereocenters. The lowest BCUT2D eigenvalue weighted by Gasteiger charge is -2.11. The summed E-state index contributed by atoms with van der Waals surface area (Å²) >= 11 is 5.80. The lowest BCUT2D eigenvalue weighted by atomic mass is 9.97. The molecule has 0 saturated heterocycles. The summed E-state index contributed by atoms with van der Waals surface area (Å²) in [5.41, 5.74) is 3.02. The largest absolute Gasteiger partial charge is 0.465 e. The Morgan fingerprint density at radius 1 is 1.53 bits per heavy atom. The summed E-state index contributed by atoms with van der Waals surface area (Å²) < 4.78 is 4.64. The summed E-state index contributed by atoms with van der Waals surface area (Å²) in [5.74, 6) is -0.0665. The number of carbonyl (C=O) groups excluding carboxylic acids is 1. The third-order valence-corrected chi connectivity index (χ3v) is 2.52. The Hall–Kier alpha value is -1.28. The molecule has 3 heteroatoms. The van der Waals surface area contributed by atoms with Gasteiger partial charge in [0.25, 0.3) is 0 Å². The first-order chi connectivity index (χ1) is 7.11. The second-order valence-corrected chi connectivity index (χ2v) is 3.48. The van der Waals surface area contributed by atoms with E-state index in [-0.39, 0.29) is 0 Å². The van der Waals surface area contributed by atoms with E-state index >= 15 is 0 Å². The zero-order valence-corrected chi connectivity index (χ0v) is 9.60. The molecule has 0 saturated carbocycles. The summed E-state index contributed by atoms with van der Waals surface area (Å²) in [6.07, 6.45) is 0. The number of alkyl halides is 1. The fourth-order valence-electron chi connectivity index (χ4n) is 1.50. The molecule has 0 aliphatic heterocycles. The fraction of sp³-hybridized carbons (Fsp3) is 0.250. The van der Waals surface area contributed by atoms with Crippen LogP contribution in [-0.2, 0) is 15.4 Å². The van der Waals surface area contributed by atoms with Crippen LogP contribution in [0.5, 0.6) is 0 Å². The van der Waals surface area contributed by atoms with Crippen LogP contribution in [0.3, 0.4) is 0 Å². The van der Waals surface area contributed by atoms with Gasteiger partial charge in [-0.2, -0.15) is 0 Å². The Labute approximate surface area is 94.5 Å². The van der Waals surface area contributed by atoms with E-state index in [1.54, 1.807) is 0 Å². The first kappa shape index (κ1) is 11.8. The first-order valence-corrected chi connectivity index (χ1v) is 5.07. The van der Waals surface area contributed by atoms with Gasteiger partial charge in [0.1, 0.15) is 0 Å². The van der Waals surface area contributed by atoms with Crippen LogP contribution in [0.4, 0.5) is 0 Å². The SMILES string of the molecule is C=C(C(=O)OC)c1c(C)cccc1CCl. The molecule has 0 aromatic heterocycles. The molecule has 1 rings (SSSR count). The van der Waals surface area contributed by atoms with E-state index in [4.69, 9.17) is 11.6 Å². The molecular weight excluding hydrogens is 212 g/mol. The first-order valence-electron chi connectivity index (χ1n) is 4.53. The maximum Gasteiger partial charge on any atom is 0.337 e. The van der Waals surface area contributed by atoms with Crippen LogP contribution in [0.1, 0.15) is 16.7 Å². The Morgan fingerprint density at radius 2 is 2.20 bits per heavy atom. The van der Waals surface area contributed by atoms with Crippen LogP contribution >= 0.6 is 11.6 Å². The zero-order valence-electron chi connectivity index (χ0n) is 8.84. The van der Waals surface area contributed by atoms with Crippen molar-refractivity contribution in [2.24, 2.45) is 0 Å². The molecule has 0 spiro atoms. The monoisotopic (exact) mass is 224 g/mol. The highest BCUT2D eigenvalue weighted by molar-refractivity contribution is 6.19. The summed E-state index contributed by atoms with van der Waals surface area (Å²) in [4.78, 5) is 11.4. The van der Waals surface area contributed by atoms with E-state index in [0.717, 1.165) is 16.7 Å². The van der Waals surface area contributed by atoms with E-state index in [0.29, 0.717) is 11.5 Å². The predicted octanol–water partition coefficient (Wildman–Crippen LogP) is 2.92. The molecule has 2 nitrogen and oxygen atoms in total. The number of benzene rings is 1. The standard InChI is InChI=1S/C12H13ClO2/c1-8-5-4-6-10(7-13)11(8)9(2)12(14)15-3/h4-6H,2,7H2,1,3H3. The smallest absolute Gasteiger partial charge is 0.337 e. The van der Waals surface area contributed by atoms with Gasteiger partial charge in [-0.1, -0.05) is 24.8 Å². The van der Waals surface area contributed by atoms with Crippen molar-refractivity contribution in [3.8, 4) is 0 Å². The minimum absolute atomic E-state index is 0.353. The lowest BCUT2D eigenvalue weighted by Crippen LogP contribution is -2.06. The van der Waals surface area contributed by atoms with Gasteiger partial charge >= 0.3 is 5.97 Å². The highest BCUT2D eigenvalue weighted by Crippen LogP contribution is 2.24. The number of ether oxygens (including phenoxy) is 1. The van der Waals surface area contributed by atoms with Crippen molar-refractivity contribution in [2.45, 2.75) is 12.8 Å². The van der Waals surface area contributed by atoms with E-state index in [2.05, 4.69) is 11.3 Å². The quantitative estimate of drug-likeness (QED) is 0.448. The van der Waals surface area contributed by atoms with Gasteiger partial charge in [-0.3, -0.25) is 0 Å². The molecule has 0 heterocycles. The van der Waals surface area contributed by atoms with Crippen LogP contribution in [-0.4, -0.2) is 13.1 Å². The van der Waals surface area contributed by atoms with Crippen LogP contribution < -0.4 is 0 Å². The Balaban J connectivity index is 3.23. The van der Waals surface area contributed by atoms with Crippen LogP contribution in [0, 0.1) is 6.92 Å². The number of halogens is 1. The Kier molecular flexibility index (Phi) is 3.92. The van der Waals surface area contributed by atoms with Gasteiger partial charge in [-0.15, -0.1) is 11.6 Å². The minimum atomic E-state index is -0.421. The summed E-state index contributed by atoms with van der Waals surface area (Å²) in [5, 5.41) is 0. The van der Waals surface area contributed by atoms with Gasteiger partial charge in [-0.25, -0.2) is 4.79 Å². The van der Waals surface area contributed by atoms with Gasteiger partial charge < -0.3 is 4.74 Å². The van der Waals surface area contributed by atoms with Gasteiger partial charge in [0, 0.05) is 5.88 Å². The van der Waals surface area contributed by atoms with Crippen LogP contribution in [0.2, 0.25) is 0 Å². The number of methoxy groups -OCH3 is 1. The molecule has 0 aliphatic rings. The van der Waals surface area contributed by atoms with Gasteiger partial charge in [0.2, 0.25) is 0 Å². The van der Waals surface area contributed by atoms with Crippen molar-refractivity contribution < 1.29 is 9.53 Å². The molecule has 0 unspecified atom stereocenters. The van der Waals surface area contributed by atoms with Crippen LogP contribution in [0.25, 0.3) is 5.57 Å². The highest BCUT2D eigenvalue weighted by Gasteiger charge is 2.15. The molecule has 0 radical (unpaired) electrons. The van der Waals surface area contributed by atoms with Crippen molar-refractivity contribution in [2.75, 3.05) is 7.11 Å². The van der Waals surface area contributed by atoms with Crippen molar-refractivity contribution in [3.63, 3.8) is 0 Å². The summed E-state index contributed by atoms with van der Waals surface area (Å²) in [6, 6.07) is 5.70. The number of rotatable bonds is 3. The topological polar surface area (TPSA) is 26.3 Å². The Morgan fingerprint density at radius 3 is 2.73 bits per heavy atom. The number of carbonyl (C=O) groups is 1. The maximum atomic E-state index is 11.4. The molecule has 0 N–H and O–H groups in total. The molecule has 1 aromatic carbocycles. The number of esters is 1. The second kappa shape index (κ2) is 4.99. The van der Waals surface area contributed by atoms with Crippen molar-refractivity contribution >= 4 is 23.1 Å². The summed E-state index contributed by atoms with van der Waals surface area (Å²) in [6.45, 7) is 5.65. The van der Waals surface area contributed by atoms with Gasteiger partial charge in [0.05, 0.1) is 12.7 Å². The molecule has 15 heavy (non-hydrogen) atoms. The summed E-state index contributed by atoms with van der Waals surface area (Å²) in [7, 11) is 1.34. The number of hydrogen-bond acceptors (Lipinski definition) is 2. The molecule has 0 aliphatic carbocycles. The molecular formula is C12H13ClO2. The third kappa shape index (κ3) is 2.39. The third-order valence-electron chi connectivity index (χ3n) is 2.24. The highest BCUT2D eigenvalue weighted by atomic mass is 35.5. The van der Waals surface area contributed by atoms with E-state index in [9.17, 15) is 4.79 Å². The van der Waals surface area contributed by atoms with Gasteiger partial charge in [0.15, 0.2) is 0 Å². The molecule has 0 bridgehead atoms. The Bertz CT molecular complexity index is 397. The molecule has 80 valence electrons. The van der Waals surface area contributed by atoms with E-state index in [1.165, 1.54) is 7.11 Å². The molecule has 1 aromatic rings. The number of aryl methyl sites for hydroxylation is 1. The second-order valence-electron chi connectivity index (χ2n) is 3.21. The molecule has 0 fully saturated rings. The van der Waals surface area contributed by atoms with Crippen molar-refractivity contribution in [1.82, 2.24) is 0 Å². The zero-order chi connectivity index (χ0) is 11.4. The van der Waals surface area contributed by atoms with Crippen molar-refractivity contribution in [3.05, 3.63) is 41.5 Å². The maximum absolute atomic E-state index is 11.4. The number of hydrogen-bond donors (Lipinski definition) is 0. The normalized spacial score (nSPS) is 9.80. The van der Waals surface area contributed by atoms with E-state index in [1.807, 2.05) is 25.1 Å². The van der Waals surface area contributed by atoms with Crippen LogP contribution in [0.15, 0.2) is 24.8 Å². The van der Waals surface area contributed by atoms with Gasteiger partial charge in [-0.05, 0) is 23.6 Å². The minimum Gasteiger partial charge on any atom is -0.465 e. The van der Waals surface area contributed by atoms with E-state index < -0.39 is 5.97 Å². The average Bonchev–Trinajstić information content (AvgIpc) is 2.26. The molecule has 0 amide bonds. The van der Waals surface area contributed by atoms with Crippen molar-refractivity contribution in [1.29, 1.82) is 0 Å². The lowest BCUT2D eigenvalue weighted by molar-refractivity contribution is -0.133.